The normalized spacial score (nSPS) is 18.8. The van der Waals surface area contributed by atoms with Gasteiger partial charge in [-0.2, -0.15) is 0 Å². The van der Waals surface area contributed by atoms with Gasteiger partial charge in [0.1, 0.15) is 11.8 Å². The van der Waals surface area contributed by atoms with Gasteiger partial charge in [-0.15, -0.1) is 13.2 Å². The fourth-order valence-corrected chi connectivity index (χ4v) is 4.90. The third-order valence-corrected chi connectivity index (χ3v) is 6.56. The fourth-order valence-electron chi connectivity index (χ4n) is 4.90. The van der Waals surface area contributed by atoms with E-state index in [0.717, 1.165) is 17.8 Å². The molecule has 3 amide bonds. The van der Waals surface area contributed by atoms with Gasteiger partial charge >= 0.3 is 6.36 Å². The van der Waals surface area contributed by atoms with E-state index in [4.69, 9.17) is 0 Å². The zero-order valence-corrected chi connectivity index (χ0v) is 20.8. The summed E-state index contributed by atoms with van der Waals surface area (Å²) in [6.45, 7) is 6.63. The Morgan fingerprint density at radius 2 is 1.73 bits per heavy atom. The number of halogens is 3. The molecule has 0 unspecified atom stereocenters. The Bertz CT molecular complexity index is 1170. The molecule has 2 atom stereocenters. The van der Waals surface area contributed by atoms with Crippen molar-refractivity contribution in [1.82, 2.24) is 9.80 Å². The van der Waals surface area contributed by atoms with Gasteiger partial charge in [-0.1, -0.05) is 26.0 Å². The van der Waals surface area contributed by atoms with E-state index in [1.165, 1.54) is 12.1 Å². The van der Waals surface area contributed by atoms with Crippen molar-refractivity contribution in [3.63, 3.8) is 0 Å². The number of hydrogen-bond acceptors (Lipinski definition) is 5. The summed E-state index contributed by atoms with van der Waals surface area (Å²) in [6, 6.07) is 11.3. The largest absolute Gasteiger partial charge is 0.573 e. The minimum atomic E-state index is -4.81. The second kappa shape index (κ2) is 10.3. The second-order valence-corrected chi connectivity index (χ2v) is 9.59. The lowest BCUT2D eigenvalue weighted by Crippen LogP contribution is -2.61. The molecule has 2 aliphatic rings. The number of carbonyl (C=O) groups excluding carboxylic acids is 3. The zero-order chi connectivity index (χ0) is 26.9. The van der Waals surface area contributed by atoms with Crippen molar-refractivity contribution in [3.05, 3.63) is 54.1 Å². The van der Waals surface area contributed by atoms with Crippen molar-refractivity contribution in [2.24, 2.45) is 5.92 Å². The van der Waals surface area contributed by atoms with E-state index < -0.39 is 18.2 Å². The molecule has 4 rings (SSSR count). The number of rotatable bonds is 5. The molecular formula is C26H29F3N4O4. The van der Waals surface area contributed by atoms with Crippen LogP contribution in [0.5, 0.6) is 5.75 Å². The molecule has 2 heterocycles. The van der Waals surface area contributed by atoms with Gasteiger partial charge in [0.05, 0.1) is 17.9 Å². The Balaban J connectivity index is 1.46. The molecule has 0 saturated carbocycles. The lowest BCUT2D eigenvalue weighted by atomic mass is 9.97. The van der Waals surface area contributed by atoms with Crippen molar-refractivity contribution in [2.45, 2.75) is 39.2 Å². The molecule has 0 aromatic heterocycles. The van der Waals surface area contributed by atoms with Gasteiger partial charge < -0.3 is 24.8 Å². The minimum Gasteiger partial charge on any atom is -0.406 e. The molecule has 2 aromatic carbocycles. The molecule has 0 aliphatic carbocycles. The van der Waals surface area contributed by atoms with Gasteiger partial charge in [0, 0.05) is 31.2 Å². The van der Waals surface area contributed by atoms with Gasteiger partial charge in [-0.25, -0.2) is 0 Å². The Kier molecular flexibility index (Phi) is 7.33. The van der Waals surface area contributed by atoms with Crippen LogP contribution in [-0.4, -0.2) is 72.1 Å². The number of anilines is 2. The number of nitrogens with one attached hydrogen (secondary N) is 1. The summed E-state index contributed by atoms with van der Waals surface area (Å²) in [4.78, 5) is 44.3. The van der Waals surface area contributed by atoms with E-state index in [-0.39, 0.29) is 48.3 Å². The van der Waals surface area contributed by atoms with E-state index in [9.17, 15) is 27.6 Å². The first-order valence-electron chi connectivity index (χ1n) is 12.1. The second-order valence-electron chi connectivity index (χ2n) is 9.59. The molecule has 2 aliphatic heterocycles. The van der Waals surface area contributed by atoms with Crippen LogP contribution in [0.25, 0.3) is 0 Å². The van der Waals surface area contributed by atoms with Crippen molar-refractivity contribution >= 4 is 29.1 Å². The van der Waals surface area contributed by atoms with Crippen LogP contribution in [0, 0.1) is 5.92 Å². The number of alkyl halides is 3. The van der Waals surface area contributed by atoms with Gasteiger partial charge in [0.2, 0.25) is 11.8 Å². The maximum atomic E-state index is 13.7. The van der Waals surface area contributed by atoms with E-state index in [2.05, 4.69) is 10.1 Å². The summed E-state index contributed by atoms with van der Waals surface area (Å²) in [6.07, 6.45) is -4.81. The van der Waals surface area contributed by atoms with E-state index in [1.807, 2.05) is 43.9 Å². The van der Waals surface area contributed by atoms with Crippen LogP contribution < -0.4 is 15.0 Å². The van der Waals surface area contributed by atoms with Crippen molar-refractivity contribution < 1.29 is 32.3 Å². The molecule has 1 fully saturated rings. The number of ether oxygens (including phenoxy) is 1. The molecule has 198 valence electrons. The molecule has 37 heavy (non-hydrogen) atoms. The molecule has 0 spiro atoms. The van der Waals surface area contributed by atoms with Crippen molar-refractivity contribution in [3.8, 4) is 5.75 Å². The smallest absolute Gasteiger partial charge is 0.406 e. The number of carbonyl (C=O) groups is 3. The lowest BCUT2D eigenvalue weighted by molar-refractivity contribution is -0.274. The molecule has 8 nitrogen and oxygen atoms in total. The van der Waals surface area contributed by atoms with Crippen molar-refractivity contribution in [1.29, 1.82) is 0 Å². The van der Waals surface area contributed by atoms with Crippen LogP contribution in [0.15, 0.2) is 48.5 Å². The highest BCUT2D eigenvalue weighted by Crippen LogP contribution is 2.33. The first kappa shape index (κ1) is 26.3. The molecular weight excluding hydrogens is 489 g/mol. The zero-order valence-electron chi connectivity index (χ0n) is 20.8. The van der Waals surface area contributed by atoms with Crippen LogP contribution in [0.1, 0.15) is 31.1 Å². The number of fused-ring (bicyclic) bond motifs is 1. The van der Waals surface area contributed by atoms with E-state index >= 15 is 0 Å². The van der Waals surface area contributed by atoms with Crippen LogP contribution in [0.4, 0.5) is 24.5 Å². The molecule has 1 N–H and O–H groups in total. The molecule has 1 saturated heterocycles. The number of piperazine rings is 1. The summed E-state index contributed by atoms with van der Waals surface area (Å²) in [7, 11) is 0. The summed E-state index contributed by atoms with van der Waals surface area (Å²) in [5, 5.41) is 2.84. The molecule has 11 heteroatoms. The van der Waals surface area contributed by atoms with Crippen LogP contribution in [0.3, 0.4) is 0 Å². The highest BCUT2D eigenvalue weighted by molar-refractivity contribution is 6.03. The highest BCUT2D eigenvalue weighted by Gasteiger charge is 2.39. The van der Waals surface area contributed by atoms with Crippen LogP contribution >= 0.6 is 0 Å². The van der Waals surface area contributed by atoms with Gasteiger partial charge in [0.15, 0.2) is 0 Å². The number of amides is 3. The molecule has 0 radical (unpaired) electrons. The molecule has 2 aromatic rings. The SMILES string of the molecule is CC(C)[C@@H](C(=O)N1CCN(C(=O)c2ccc(OC(F)(F)F)cc2)[C@@H](C)C1)N1CC(=O)Nc2ccccc21. The topological polar surface area (TPSA) is 82.2 Å². The summed E-state index contributed by atoms with van der Waals surface area (Å²) < 4.78 is 41.1. The Labute approximate surface area is 213 Å². The summed E-state index contributed by atoms with van der Waals surface area (Å²) >= 11 is 0. The Morgan fingerprint density at radius 1 is 1.05 bits per heavy atom. The van der Waals surface area contributed by atoms with Crippen LogP contribution in [0.2, 0.25) is 0 Å². The van der Waals surface area contributed by atoms with E-state index in [1.54, 1.807) is 15.9 Å². The monoisotopic (exact) mass is 518 g/mol. The minimum absolute atomic E-state index is 0.0631. The van der Waals surface area contributed by atoms with Crippen molar-refractivity contribution in [2.75, 3.05) is 36.4 Å². The summed E-state index contributed by atoms with van der Waals surface area (Å²) in [5.74, 6) is -1.13. The number of hydrogen-bond donors (Lipinski definition) is 1. The number of para-hydroxylation sites is 2. The van der Waals surface area contributed by atoms with Crippen LogP contribution in [-0.2, 0) is 9.59 Å². The van der Waals surface area contributed by atoms with E-state index in [0.29, 0.717) is 18.8 Å². The predicted molar refractivity (Wildman–Crippen MR) is 131 cm³/mol. The van der Waals surface area contributed by atoms with Gasteiger partial charge in [-0.3, -0.25) is 14.4 Å². The maximum absolute atomic E-state index is 13.7. The quantitative estimate of drug-likeness (QED) is 0.652. The standard InChI is InChI=1S/C26H29F3N4O4/c1-16(2)23(33-15-22(34)30-20-6-4-5-7-21(20)33)25(36)31-12-13-32(17(3)14-31)24(35)18-8-10-19(11-9-18)37-26(27,28)29/h4-11,16-17,23H,12-15H2,1-3H3,(H,30,34)/t17-,23-/m0/s1. The first-order chi connectivity index (χ1) is 17.4. The number of nitrogens with zero attached hydrogens (tertiary/aromatic N) is 3. The number of benzene rings is 2. The third-order valence-electron chi connectivity index (χ3n) is 6.56. The summed E-state index contributed by atoms with van der Waals surface area (Å²) in [5.41, 5.74) is 1.68. The molecule has 0 bridgehead atoms. The third kappa shape index (κ3) is 5.81. The lowest BCUT2D eigenvalue weighted by Gasteiger charge is -2.44. The predicted octanol–water partition coefficient (Wildman–Crippen LogP) is 3.74. The van der Waals surface area contributed by atoms with Gasteiger partial charge in [0.25, 0.3) is 5.91 Å². The maximum Gasteiger partial charge on any atom is 0.573 e. The highest BCUT2D eigenvalue weighted by atomic mass is 19.4. The average Bonchev–Trinajstić information content (AvgIpc) is 2.82. The fraction of sp³-hybridized carbons (Fsp3) is 0.423. The Hall–Kier alpha value is -3.76. The van der Waals surface area contributed by atoms with Gasteiger partial charge in [-0.05, 0) is 49.2 Å². The first-order valence-corrected chi connectivity index (χ1v) is 12.1. The Morgan fingerprint density at radius 3 is 2.35 bits per heavy atom. The average molecular weight is 519 g/mol.